The van der Waals surface area contributed by atoms with Crippen LogP contribution < -0.4 is 5.32 Å². The molecule has 0 aromatic heterocycles. The van der Waals surface area contributed by atoms with Crippen LogP contribution in [0.5, 0.6) is 0 Å². The molecule has 2 unspecified atom stereocenters. The molecule has 5 fully saturated rings. The average molecular weight is 293 g/mol. The third kappa shape index (κ3) is 2.35. The molecule has 0 spiro atoms. The number of aliphatic carboxylic acids is 1. The molecule has 5 nitrogen and oxygen atoms in total. The van der Waals surface area contributed by atoms with Crippen LogP contribution in [0.3, 0.4) is 0 Å². The van der Waals surface area contributed by atoms with Crippen molar-refractivity contribution in [1.29, 1.82) is 0 Å². The van der Waals surface area contributed by atoms with Crippen LogP contribution in [-0.4, -0.2) is 35.2 Å². The van der Waals surface area contributed by atoms with Gasteiger partial charge in [0.05, 0.1) is 0 Å². The van der Waals surface area contributed by atoms with Gasteiger partial charge in [-0.2, -0.15) is 0 Å². The second-order valence-electron chi connectivity index (χ2n) is 7.49. The van der Waals surface area contributed by atoms with E-state index in [-0.39, 0.29) is 5.91 Å². The molecule has 5 heteroatoms. The van der Waals surface area contributed by atoms with E-state index in [0.29, 0.717) is 30.7 Å². The molecule has 2 N–H and O–H groups in total. The van der Waals surface area contributed by atoms with E-state index in [0.717, 1.165) is 11.8 Å². The molecule has 1 amide bonds. The minimum Gasteiger partial charge on any atom is -0.479 e. The Kier molecular flexibility index (Phi) is 3.21. The van der Waals surface area contributed by atoms with Gasteiger partial charge >= 0.3 is 5.97 Å². The summed E-state index contributed by atoms with van der Waals surface area (Å²) in [6, 6.07) is 0.303. The lowest BCUT2D eigenvalue weighted by Gasteiger charge is -2.54. The fraction of sp³-hybridized carbons (Fsp3) is 0.875. The van der Waals surface area contributed by atoms with Crippen molar-refractivity contribution in [3.05, 3.63) is 0 Å². The summed E-state index contributed by atoms with van der Waals surface area (Å²) < 4.78 is 5.37. The zero-order valence-electron chi connectivity index (χ0n) is 12.2. The van der Waals surface area contributed by atoms with Crippen molar-refractivity contribution >= 4 is 11.9 Å². The van der Waals surface area contributed by atoms with Crippen molar-refractivity contribution in [2.45, 2.75) is 63.2 Å². The van der Waals surface area contributed by atoms with Gasteiger partial charge in [-0.1, -0.05) is 0 Å². The number of carbonyl (C=O) groups is 2. The lowest BCUT2D eigenvalue weighted by atomic mass is 9.54. The summed E-state index contributed by atoms with van der Waals surface area (Å²) in [6.45, 7) is 0. The first-order valence-electron chi connectivity index (χ1n) is 8.28. The highest BCUT2D eigenvalue weighted by Crippen LogP contribution is 2.53. The second kappa shape index (κ2) is 4.97. The average Bonchev–Trinajstić information content (AvgIpc) is 2.92. The first kappa shape index (κ1) is 13.6. The van der Waals surface area contributed by atoms with Crippen molar-refractivity contribution < 1.29 is 19.4 Å². The van der Waals surface area contributed by atoms with Gasteiger partial charge in [-0.15, -0.1) is 0 Å². The summed E-state index contributed by atoms with van der Waals surface area (Å²) in [6.07, 6.45) is 6.05. The van der Waals surface area contributed by atoms with Gasteiger partial charge in [0.2, 0.25) is 5.91 Å². The Morgan fingerprint density at radius 2 is 1.48 bits per heavy atom. The topological polar surface area (TPSA) is 75.6 Å². The smallest absolute Gasteiger partial charge is 0.332 e. The maximum atomic E-state index is 12.4. The summed E-state index contributed by atoms with van der Waals surface area (Å²) >= 11 is 0. The predicted octanol–water partition coefficient (Wildman–Crippen LogP) is 1.56. The van der Waals surface area contributed by atoms with Crippen molar-refractivity contribution in [2.24, 2.45) is 23.7 Å². The van der Waals surface area contributed by atoms with Gasteiger partial charge in [0, 0.05) is 6.04 Å². The molecule has 5 aliphatic rings. The maximum Gasteiger partial charge on any atom is 0.332 e. The van der Waals surface area contributed by atoms with Crippen LogP contribution >= 0.6 is 0 Å². The summed E-state index contributed by atoms with van der Waals surface area (Å²) in [5, 5.41) is 12.1. The first-order valence-corrected chi connectivity index (χ1v) is 8.28. The highest BCUT2D eigenvalue weighted by molar-refractivity contribution is 5.83. The fourth-order valence-electron chi connectivity index (χ4n) is 5.43. The Labute approximate surface area is 124 Å². The van der Waals surface area contributed by atoms with Crippen LogP contribution in [0, 0.1) is 23.7 Å². The van der Waals surface area contributed by atoms with Gasteiger partial charge in [-0.05, 0) is 68.6 Å². The van der Waals surface area contributed by atoms with Gasteiger partial charge in [-0.25, -0.2) is 4.79 Å². The Morgan fingerprint density at radius 1 is 0.905 bits per heavy atom. The van der Waals surface area contributed by atoms with E-state index in [1.807, 2.05) is 0 Å². The number of rotatable bonds is 3. The van der Waals surface area contributed by atoms with Gasteiger partial charge < -0.3 is 15.2 Å². The van der Waals surface area contributed by atoms with E-state index in [9.17, 15) is 9.59 Å². The molecule has 0 radical (unpaired) electrons. The van der Waals surface area contributed by atoms with Gasteiger partial charge in [0.15, 0.2) is 6.10 Å². The largest absolute Gasteiger partial charge is 0.479 e. The van der Waals surface area contributed by atoms with Crippen molar-refractivity contribution in [2.75, 3.05) is 0 Å². The lowest BCUT2D eigenvalue weighted by Crippen LogP contribution is -2.57. The lowest BCUT2D eigenvalue weighted by molar-refractivity contribution is -0.152. The molecule has 1 saturated heterocycles. The van der Waals surface area contributed by atoms with Crippen LogP contribution in [0.4, 0.5) is 0 Å². The number of amides is 1. The van der Waals surface area contributed by atoms with E-state index >= 15 is 0 Å². The monoisotopic (exact) mass is 293 g/mol. The summed E-state index contributed by atoms with van der Waals surface area (Å²) in [7, 11) is 0. The molecular formula is C16H23NO4. The molecule has 5 rings (SSSR count). The number of carboxylic acids is 1. The Bertz CT molecular complexity index is 435. The Morgan fingerprint density at radius 3 is 2.00 bits per heavy atom. The van der Waals surface area contributed by atoms with Crippen LogP contribution in [-0.2, 0) is 14.3 Å². The second-order valence-corrected chi connectivity index (χ2v) is 7.49. The van der Waals surface area contributed by atoms with E-state index < -0.39 is 18.2 Å². The summed E-state index contributed by atoms with van der Waals surface area (Å²) in [4.78, 5) is 23.3. The van der Waals surface area contributed by atoms with Gasteiger partial charge in [0.25, 0.3) is 0 Å². The van der Waals surface area contributed by atoms with Crippen molar-refractivity contribution in [3.8, 4) is 0 Å². The molecular weight excluding hydrogens is 270 g/mol. The van der Waals surface area contributed by atoms with Crippen LogP contribution in [0.25, 0.3) is 0 Å². The van der Waals surface area contributed by atoms with Gasteiger partial charge in [0.1, 0.15) is 6.10 Å². The molecule has 0 aromatic carbocycles. The van der Waals surface area contributed by atoms with Crippen LogP contribution in [0.1, 0.15) is 44.9 Å². The molecule has 1 aliphatic heterocycles. The number of ether oxygens (including phenoxy) is 1. The molecule has 1 heterocycles. The van der Waals surface area contributed by atoms with E-state index in [4.69, 9.17) is 9.84 Å². The molecule has 0 aromatic rings. The molecule has 4 bridgehead atoms. The zero-order valence-corrected chi connectivity index (χ0v) is 12.2. The fourth-order valence-corrected chi connectivity index (χ4v) is 5.43. The number of nitrogens with one attached hydrogen (secondary N) is 1. The predicted molar refractivity (Wildman–Crippen MR) is 74.5 cm³/mol. The SMILES string of the molecule is O=C(O)C1CCC(C(=O)NC2C3CC4CC(C3)CC2C4)O1. The molecule has 4 saturated carbocycles. The molecule has 2 atom stereocenters. The summed E-state index contributed by atoms with van der Waals surface area (Å²) in [5.74, 6) is 2.01. The van der Waals surface area contributed by atoms with E-state index in [2.05, 4.69) is 5.32 Å². The molecule has 21 heavy (non-hydrogen) atoms. The van der Waals surface area contributed by atoms with Crippen LogP contribution in [0.15, 0.2) is 0 Å². The van der Waals surface area contributed by atoms with Crippen LogP contribution in [0.2, 0.25) is 0 Å². The van der Waals surface area contributed by atoms with Crippen molar-refractivity contribution in [3.63, 3.8) is 0 Å². The molecule has 4 aliphatic carbocycles. The summed E-state index contributed by atoms with van der Waals surface area (Å²) in [5.41, 5.74) is 0. The van der Waals surface area contributed by atoms with Gasteiger partial charge in [-0.3, -0.25) is 4.79 Å². The minimum atomic E-state index is -0.958. The normalized spacial score (nSPS) is 47.5. The third-order valence-corrected chi connectivity index (χ3v) is 6.12. The Balaban J connectivity index is 1.38. The standard InChI is InChI=1S/C16H23NO4/c18-15(12-1-2-13(21-12)16(19)20)17-14-10-4-8-3-9(6-10)7-11(14)5-8/h8-14H,1-7H2,(H,17,18)(H,19,20). The van der Waals surface area contributed by atoms with E-state index in [1.165, 1.54) is 32.1 Å². The van der Waals surface area contributed by atoms with Crippen molar-refractivity contribution in [1.82, 2.24) is 5.32 Å². The molecule has 116 valence electrons. The zero-order chi connectivity index (χ0) is 14.6. The number of carboxylic acid groups (broad SMARTS) is 1. The minimum absolute atomic E-state index is 0.0868. The number of carbonyl (C=O) groups excluding carboxylic acids is 1. The first-order chi connectivity index (χ1) is 10.1. The number of hydrogen-bond donors (Lipinski definition) is 2. The highest BCUT2D eigenvalue weighted by atomic mass is 16.5. The van der Waals surface area contributed by atoms with E-state index in [1.54, 1.807) is 0 Å². The quantitative estimate of drug-likeness (QED) is 0.828. The highest BCUT2D eigenvalue weighted by Gasteiger charge is 2.49. The maximum absolute atomic E-state index is 12.4. The third-order valence-electron chi connectivity index (χ3n) is 6.12. The Hall–Kier alpha value is -1.10. The number of hydrogen-bond acceptors (Lipinski definition) is 3.